The Morgan fingerprint density at radius 1 is 1.36 bits per heavy atom. The van der Waals surface area contributed by atoms with E-state index in [0.717, 1.165) is 0 Å². The quantitative estimate of drug-likeness (QED) is 0.659. The Morgan fingerprint density at radius 3 is 2.07 bits per heavy atom. The number of hydrogen-bond donors (Lipinski definition) is 1. The summed E-state index contributed by atoms with van der Waals surface area (Å²) in [6.07, 6.45) is 0.989. The van der Waals surface area contributed by atoms with Crippen LogP contribution in [0.3, 0.4) is 0 Å². The van der Waals surface area contributed by atoms with Crippen LogP contribution in [-0.2, 0) is 9.59 Å². The molecule has 1 rings (SSSR count). The molecule has 0 bridgehead atoms. The zero-order valence-corrected chi connectivity index (χ0v) is 8.79. The normalized spacial score (nSPS) is 35.5. The molecule has 1 amide bonds. The molecule has 14 heavy (non-hydrogen) atoms. The summed E-state index contributed by atoms with van der Waals surface area (Å²) >= 11 is 0. The highest BCUT2D eigenvalue weighted by atomic mass is 16.4. The molecule has 0 aromatic heterocycles. The maximum absolute atomic E-state index is 11.1. The number of aliphatic carboxylic acids is 1. The van der Waals surface area contributed by atoms with E-state index in [-0.39, 0.29) is 5.92 Å². The van der Waals surface area contributed by atoms with Crippen LogP contribution in [0.5, 0.6) is 0 Å². The van der Waals surface area contributed by atoms with Crippen LogP contribution in [0.15, 0.2) is 0 Å². The van der Waals surface area contributed by atoms with Crippen molar-refractivity contribution in [1.82, 2.24) is 0 Å². The molecule has 80 valence electrons. The topological polar surface area (TPSA) is 83.2 Å². The van der Waals surface area contributed by atoms with Crippen molar-refractivity contribution >= 4 is 11.9 Å². The second kappa shape index (κ2) is 2.97. The molecule has 0 saturated heterocycles. The molecule has 4 heteroatoms. The molecule has 2 atom stereocenters. The van der Waals surface area contributed by atoms with E-state index < -0.39 is 22.7 Å². The van der Waals surface area contributed by atoms with Gasteiger partial charge in [-0.05, 0) is 18.3 Å². The van der Waals surface area contributed by atoms with Gasteiger partial charge in [-0.2, -0.15) is 0 Å². The van der Waals surface area contributed by atoms with Crippen LogP contribution in [0.4, 0.5) is 0 Å². The van der Waals surface area contributed by atoms with E-state index >= 15 is 0 Å². The first kappa shape index (κ1) is 11.0. The minimum atomic E-state index is -1.09. The molecule has 0 aromatic carbocycles. The Hall–Kier alpha value is -1.06. The average Bonchev–Trinajstić information content (AvgIpc) is 2.24. The van der Waals surface area contributed by atoms with E-state index in [1.54, 1.807) is 20.8 Å². The Morgan fingerprint density at radius 2 is 1.86 bits per heavy atom. The first-order valence-corrected chi connectivity index (χ1v) is 4.74. The first-order valence-electron chi connectivity index (χ1n) is 4.74. The van der Waals surface area contributed by atoms with Crippen molar-refractivity contribution in [3.05, 3.63) is 0 Å². The molecule has 1 saturated carbocycles. The van der Waals surface area contributed by atoms with E-state index in [2.05, 4.69) is 0 Å². The fraction of sp³-hybridized carbons (Fsp3) is 0.800. The minimum absolute atomic E-state index is 0.370. The van der Waals surface area contributed by atoms with Crippen LogP contribution in [0.2, 0.25) is 0 Å². The zero-order valence-electron chi connectivity index (χ0n) is 8.79. The van der Waals surface area contributed by atoms with Crippen molar-refractivity contribution in [3.8, 4) is 0 Å². The predicted molar refractivity (Wildman–Crippen MR) is 48.8 cm³/mol. The van der Waals surface area contributed by atoms with E-state index in [0.29, 0.717) is 12.8 Å². The van der Waals surface area contributed by atoms with Gasteiger partial charge in [0.05, 0.1) is 0 Å². The summed E-state index contributed by atoms with van der Waals surface area (Å²) in [6, 6.07) is 0. The smallest absolute Gasteiger partial charge is 0.221 e. The maximum Gasteiger partial charge on any atom is 0.221 e. The van der Waals surface area contributed by atoms with Crippen LogP contribution in [0, 0.1) is 16.7 Å². The lowest BCUT2D eigenvalue weighted by Crippen LogP contribution is -2.49. The molecule has 0 spiro atoms. The number of rotatable bonds is 2. The predicted octanol–water partition coefficient (Wildman–Crippen LogP) is -0.336. The fourth-order valence-corrected chi connectivity index (χ4v) is 2.36. The summed E-state index contributed by atoms with van der Waals surface area (Å²) in [4.78, 5) is 22.2. The van der Waals surface area contributed by atoms with Crippen molar-refractivity contribution in [1.29, 1.82) is 0 Å². The molecular weight excluding hydrogens is 182 g/mol. The number of carboxylic acid groups (broad SMARTS) is 1. The Balaban J connectivity index is 3.08. The van der Waals surface area contributed by atoms with Gasteiger partial charge in [0, 0.05) is 17.3 Å². The number of nitrogens with two attached hydrogens (primary N) is 1. The SMILES string of the molecule is CC1(C)[C@H](C(N)=O)CC[C@@]1(C)C(=O)[O-]. The summed E-state index contributed by atoms with van der Waals surface area (Å²) in [5.41, 5.74) is 3.66. The molecule has 0 unspecified atom stereocenters. The summed E-state index contributed by atoms with van der Waals surface area (Å²) in [5.74, 6) is -1.88. The van der Waals surface area contributed by atoms with Crippen molar-refractivity contribution in [2.45, 2.75) is 33.6 Å². The first-order chi connectivity index (χ1) is 6.23. The summed E-state index contributed by atoms with van der Waals surface area (Å²) in [6.45, 7) is 5.17. The maximum atomic E-state index is 11.1. The Bertz CT molecular complexity index is 285. The fourth-order valence-electron chi connectivity index (χ4n) is 2.36. The van der Waals surface area contributed by atoms with Gasteiger partial charge < -0.3 is 15.6 Å². The molecule has 0 heterocycles. The molecule has 1 aliphatic rings. The molecule has 0 radical (unpaired) electrons. The highest BCUT2D eigenvalue weighted by Gasteiger charge is 2.54. The van der Waals surface area contributed by atoms with Crippen LogP contribution < -0.4 is 10.8 Å². The third-order valence-corrected chi connectivity index (χ3v) is 4.02. The van der Waals surface area contributed by atoms with Gasteiger partial charge in [0.25, 0.3) is 0 Å². The monoisotopic (exact) mass is 198 g/mol. The van der Waals surface area contributed by atoms with Crippen LogP contribution in [-0.4, -0.2) is 11.9 Å². The van der Waals surface area contributed by atoms with Crippen LogP contribution in [0.1, 0.15) is 33.6 Å². The van der Waals surface area contributed by atoms with E-state index in [4.69, 9.17) is 5.73 Å². The Kier molecular flexibility index (Phi) is 2.34. The van der Waals surface area contributed by atoms with Gasteiger partial charge in [-0.3, -0.25) is 4.79 Å². The molecule has 0 aromatic rings. The third-order valence-electron chi connectivity index (χ3n) is 4.02. The molecule has 0 aliphatic heterocycles. The lowest BCUT2D eigenvalue weighted by molar-refractivity contribution is -0.323. The third kappa shape index (κ3) is 1.21. The molecule has 4 nitrogen and oxygen atoms in total. The van der Waals surface area contributed by atoms with E-state index in [1.807, 2.05) is 0 Å². The molecule has 1 fully saturated rings. The van der Waals surface area contributed by atoms with E-state index in [1.165, 1.54) is 0 Å². The largest absolute Gasteiger partial charge is 0.550 e. The van der Waals surface area contributed by atoms with Crippen molar-refractivity contribution < 1.29 is 14.7 Å². The zero-order chi connectivity index (χ0) is 11.1. The summed E-state index contributed by atoms with van der Waals surface area (Å²) < 4.78 is 0. The summed E-state index contributed by atoms with van der Waals surface area (Å²) in [5, 5.41) is 11.0. The molecule has 1 aliphatic carbocycles. The minimum Gasteiger partial charge on any atom is -0.550 e. The number of carboxylic acids is 1. The number of carbonyl (C=O) groups excluding carboxylic acids is 2. The summed E-state index contributed by atoms with van der Waals surface area (Å²) in [7, 11) is 0. The second-order valence-corrected chi connectivity index (χ2v) is 4.83. The number of carbonyl (C=O) groups is 2. The van der Waals surface area contributed by atoms with Gasteiger partial charge in [-0.25, -0.2) is 0 Å². The standard InChI is InChI=1S/C10H17NO3/c1-9(2)6(7(11)12)4-5-10(9,3)8(13)14/h6H,4-5H2,1-3H3,(H2,11,12)(H,13,14)/p-1/t6-,10-/m0/s1. The number of amides is 1. The lowest BCUT2D eigenvalue weighted by atomic mass is 9.65. The van der Waals surface area contributed by atoms with Gasteiger partial charge in [0.2, 0.25) is 5.91 Å². The van der Waals surface area contributed by atoms with E-state index in [9.17, 15) is 14.7 Å². The van der Waals surface area contributed by atoms with Gasteiger partial charge in [-0.15, -0.1) is 0 Å². The lowest BCUT2D eigenvalue weighted by Gasteiger charge is -2.41. The van der Waals surface area contributed by atoms with Gasteiger partial charge >= 0.3 is 0 Å². The average molecular weight is 198 g/mol. The van der Waals surface area contributed by atoms with Crippen molar-refractivity contribution in [3.63, 3.8) is 0 Å². The van der Waals surface area contributed by atoms with Gasteiger partial charge in [0.15, 0.2) is 0 Å². The highest BCUT2D eigenvalue weighted by Crippen LogP contribution is 2.55. The second-order valence-electron chi connectivity index (χ2n) is 4.83. The van der Waals surface area contributed by atoms with Crippen molar-refractivity contribution in [2.75, 3.05) is 0 Å². The highest BCUT2D eigenvalue weighted by molar-refractivity contribution is 5.82. The Labute approximate surface area is 83.5 Å². The van der Waals surface area contributed by atoms with Gasteiger partial charge in [0.1, 0.15) is 0 Å². The van der Waals surface area contributed by atoms with Crippen molar-refractivity contribution in [2.24, 2.45) is 22.5 Å². The number of primary amides is 1. The number of hydrogen-bond acceptors (Lipinski definition) is 3. The molecular formula is C10H16NO3-. The van der Waals surface area contributed by atoms with Crippen LogP contribution >= 0.6 is 0 Å². The molecule has 2 N–H and O–H groups in total. The van der Waals surface area contributed by atoms with Gasteiger partial charge in [-0.1, -0.05) is 20.8 Å². The van der Waals surface area contributed by atoms with Crippen LogP contribution in [0.25, 0.3) is 0 Å².